The highest BCUT2D eigenvalue weighted by Crippen LogP contribution is 2.47. The van der Waals surface area contributed by atoms with Gasteiger partial charge in [-0.2, -0.15) is 14.9 Å². The van der Waals surface area contributed by atoms with Gasteiger partial charge in [-0.15, -0.1) is 0 Å². The van der Waals surface area contributed by atoms with E-state index in [0.717, 1.165) is 11.3 Å². The predicted molar refractivity (Wildman–Crippen MR) is 104 cm³/mol. The Hall–Kier alpha value is -2.87. The molecule has 0 bridgehead atoms. The van der Waals surface area contributed by atoms with Gasteiger partial charge in [-0.3, -0.25) is 0 Å². The molecule has 0 amide bonds. The zero-order valence-electron chi connectivity index (χ0n) is 15.3. The third kappa shape index (κ3) is 3.40. The smallest absolute Gasteiger partial charge is 0.216 e. The molecule has 2 heterocycles. The molecule has 1 aromatic carbocycles. The average molecular weight is 384 g/mol. The first-order valence-corrected chi connectivity index (χ1v) is 9.05. The first-order chi connectivity index (χ1) is 13.1. The van der Waals surface area contributed by atoms with Crippen LogP contribution in [0.2, 0.25) is 0 Å². The van der Waals surface area contributed by atoms with Crippen LogP contribution in [0.25, 0.3) is 11.4 Å². The Bertz CT molecular complexity index is 1050. The molecule has 3 aromatic rings. The van der Waals surface area contributed by atoms with Gasteiger partial charge in [-0.05, 0) is 54.9 Å². The van der Waals surface area contributed by atoms with Gasteiger partial charge in [0.1, 0.15) is 11.5 Å². The maximum atomic E-state index is 5.86. The first kappa shape index (κ1) is 17.5. The van der Waals surface area contributed by atoms with Crippen LogP contribution in [-0.4, -0.2) is 35.3 Å². The van der Waals surface area contributed by atoms with Crippen LogP contribution in [0, 0.1) is 10.7 Å². The van der Waals surface area contributed by atoms with E-state index in [9.17, 15) is 0 Å². The number of hydrogen-bond donors (Lipinski definition) is 1. The van der Waals surface area contributed by atoms with E-state index in [1.54, 1.807) is 25.1 Å². The molecule has 1 N–H and O–H groups in total. The van der Waals surface area contributed by atoms with E-state index in [1.165, 1.54) is 6.42 Å². The van der Waals surface area contributed by atoms with Gasteiger partial charge in [0.05, 0.1) is 20.4 Å². The third-order valence-electron chi connectivity index (χ3n) is 4.72. The van der Waals surface area contributed by atoms with E-state index < -0.39 is 0 Å². The van der Waals surface area contributed by atoms with Crippen LogP contribution < -0.4 is 9.47 Å². The van der Waals surface area contributed by atoms with Crippen molar-refractivity contribution in [2.45, 2.75) is 19.3 Å². The van der Waals surface area contributed by atoms with Crippen molar-refractivity contribution < 1.29 is 13.9 Å². The number of nitrogens with zero attached hydrogens (tertiary/aromatic N) is 3. The van der Waals surface area contributed by atoms with Crippen LogP contribution in [0.1, 0.15) is 30.8 Å². The molecule has 2 atom stereocenters. The average Bonchev–Trinajstić information content (AvgIpc) is 3.07. The number of H-pyrrole nitrogens is 1. The molecule has 1 fully saturated rings. The van der Waals surface area contributed by atoms with Crippen molar-refractivity contribution in [2.24, 2.45) is 11.0 Å². The molecule has 1 aliphatic rings. The lowest BCUT2D eigenvalue weighted by Crippen LogP contribution is -1.96. The number of nitrogens with one attached hydrogen (secondary N) is 1. The predicted octanol–water partition coefficient (Wildman–Crippen LogP) is 4.22. The molecule has 0 radical (unpaired) electrons. The van der Waals surface area contributed by atoms with Gasteiger partial charge in [-0.25, -0.2) is 5.10 Å². The summed E-state index contributed by atoms with van der Waals surface area (Å²) in [5.41, 5.74) is 0.795. The topological polar surface area (TPSA) is 77.6 Å². The Morgan fingerprint density at radius 2 is 2.04 bits per heavy atom. The van der Waals surface area contributed by atoms with Crippen molar-refractivity contribution in [2.75, 3.05) is 14.2 Å². The zero-order chi connectivity index (χ0) is 19.0. The fourth-order valence-corrected chi connectivity index (χ4v) is 3.21. The lowest BCUT2D eigenvalue weighted by Gasteiger charge is -2.08. The van der Waals surface area contributed by atoms with Crippen LogP contribution >= 0.6 is 12.2 Å². The second-order valence-electron chi connectivity index (χ2n) is 6.54. The molecule has 2 aromatic heterocycles. The summed E-state index contributed by atoms with van der Waals surface area (Å²) in [5, 5.41) is 11.5. The van der Waals surface area contributed by atoms with E-state index in [1.807, 2.05) is 30.3 Å². The molecule has 7 nitrogen and oxygen atoms in total. The molecule has 4 rings (SSSR count). The largest absolute Gasteiger partial charge is 0.493 e. The van der Waals surface area contributed by atoms with Crippen molar-refractivity contribution in [1.82, 2.24) is 14.9 Å². The lowest BCUT2D eigenvalue weighted by atomic mass is 10.2. The van der Waals surface area contributed by atoms with Crippen LogP contribution in [0.3, 0.4) is 0 Å². The van der Waals surface area contributed by atoms with Crippen molar-refractivity contribution >= 4 is 18.4 Å². The summed E-state index contributed by atoms with van der Waals surface area (Å²) in [5.74, 6) is 4.74. The van der Waals surface area contributed by atoms with Gasteiger partial charge in [0.15, 0.2) is 17.3 Å². The standard InChI is InChI=1S/C19H20N4O3S/c1-11-8-14(11)15-7-5-13(26-15)10-20-23-18(21-22-19(23)27)12-4-6-16(24-2)17(9-12)25-3/h4-7,9-11,14H,8H2,1-3H3,(H,22,27)/b20-10-/t11-,14+/m0/s1. The minimum Gasteiger partial charge on any atom is -0.493 e. The number of methoxy groups -OCH3 is 2. The number of furan rings is 1. The molecule has 1 aliphatic carbocycles. The van der Waals surface area contributed by atoms with Gasteiger partial charge in [0, 0.05) is 11.5 Å². The zero-order valence-corrected chi connectivity index (χ0v) is 16.1. The minimum absolute atomic E-state index is 0.388. The van der Waals surface area contributed by atoms with Crippen LogP contribution in [-0.2, 0) is 0 Å². The van der Waals surface area contributed by atoms with Gasteiger partial charge >= 0.3 is 0 Å². The molecule has 0 unspecified atom stereocenters. The van der Waals surface area contributed by atoms with Crippen LogP contribution in [0.4, 0.5) is 0 Å². The molecule has 27 heavy (non-hydrogen) atoms. The summed E-state index contributed by atoms with van der Waals surface area (Å²) in [7, 11) is 3.18. The Morgan fingerprint density at radius 1 is 1.26 bits per heavy atom. The Kier molecular flexibility index (Phi) is 4.57. The highest BCUT2D eigenvalue weighted by molar-refractivity contribution is 7.71. The second kappa shape index (κ2) is 7.03. The van der Waals surface area contributed by atoms with Crippen LogP contribution in [0.5, 0.6) is 11.5 Å². The fraction of sp³-hybridized carbons (Fsp3) is 0.316. The molecule has 0 spiro atoms. The third-order valence-corrected chi connectivity index (χ3v) is 4.98. The maximum absolute atomic E-state index is 5.86. The summed E-state index contributed by atoms with van der Waals surface area (Å²) >= 11 is 5.31. The number of aromatic nitrogens is 3. The van der Waals surface area contributed by atoms with Crippen molar-refractivity contribution in [3.8, 4) is 22.9 Å². The fourth-order valence-electron chi connectivity index (χ4n) is 3.03. The van der Waals surface area contributed by atoms with E-state index in [4.69, 9.17) is 26.1 Å². The van der Waals surface area contributed by atoms with E-state index in [-0.39, 0.29) is 0 Å². The number of benzene rings is 1. The number of aromatic amines is 1. The first-order valence-electron chi connectivity index (χ1n) is 8.64. The normalized spacial score (nSPS) is 18.8. The van der Waals surface area contributed by atoms with Crippen LogP contribution in [0.15, 0.2) is 39.9 Å². The Labute approximate surface area is 161 Å². The van der Waals surface area contributed by atoms with Gasteiger partial charge in [0.25, 0.3) is 0 Å². The highest BCUT2D eigenvalue weighted by Gasteiger charge is 2.36. The number of rotatable bonds is 6. The summed E-state index contributed by atoms with van der Waals surface area (Å²) in [6.45, 7) is 2.22. The van der Waals surface area contributed by atoms with E-state index in [0.29, 0.717) is 39.7 Å². The highest BCUT2D eigenvalue weighted by atomic mass is 32.1. The lowest BCUT2D eigenvalue weighted by molar-refractivity contribution is 0.355. The van der Waals surface area contributed by atoms with Crippen molar-refractivity contribution in [3.05, 3.63) is 46.6 Å². The van der Waals surface area contributed by atoms with E-state index in [2.05, 4.69) is 22.2 Å². The molecule has 0 aliphatic heterocycles. The molecule has 1 saturated carbocycles. The molecular formula is C19H20N4O3S. The van der Waals surface area contributed by atoms with Gasteiger partial charge < -0.3 is 13.9 Å². The maximum Gasteiger partial charge on any atom is 0.216 e. The molecule has 0 saturated heterocycles. The summed E-state index contributed by atoms with van der Waals surface area (Å²) in [6.07, 6.45) is 2.83. The molecule has 140 valence electrons. The summed E-state index contributed by atoms with van der Waals surface area (Å²) in [6, 6.07) is 9.45. The minimum atomic E-state index is 0.388. The Balaban J connectivity index is 1.64. The molecular weight excluding hydrogens is 364 g/mol. The van der Waals surface area contributed by atoms with E-state index >= 15 is 0 Å². The van der Waals surface area contributed by atoms with Crippen molar-refractivity contribution in [1.29, 1.82) is 0 Å². The van der Waals surface area contributed by atoms with Crippen molar-refractivity contribution in [3.63, 3.8) is 0 Å². The second-order valence-corrected chi connectivity index (χ2v) is 6.92. The summed E-state index contributed by atoms with van der Waals surface area (Å²) in [4.78, 5) is 0. The summed E-state index contributed by atoms with van der Waals surface area (Å²) < 4.78 is 18.4. The van der Waals surface area contributed by atoms with Gasteiger partial charge in [0.2, 0.25) is 4.77 Å². The SMILES string of the molecule is COc1ccc(-c2n[nH]c(=S)n2/N=C\c2ccc([C@@H]3C[C@@H]3C)o2)cc1OC. The molecule has 8 heteroatoms. The quantitative estimate of drug-likeness (QED) is 0.508. The monoisotopic (exact) mass is 384 g/mol. The number of ether oxygens (including phenoxy) is 2. The Morgan fingerprint density at radius 3 is 2.74 bits per heavy atom. The number of hydrogen-bond acceptors (Lipinski definition) is 6. The van der Waals surface area contributed by atoms with Gasteiger partial charge in [-0.1, -0.05) is 6.92 Å².